The molecule has 1 saturated carbocycles. The number of esters is 1. The van der Waals surface area contributed by atoms with Gasteiger partial charge in [0.25, 0.3) is 6.48 Å². The van der Waals surface area contributed by atoms with Crippen LogP contribution in [0.1, 0.15) is 25.7 Å². The topological polar surface area (TPSA) is 63.2 Å². The number of methoxy groups -OCH3 is 1. The maximum absolute atomic E-state index is 11.8. The molecule has 4 aliphatic rings. The zero-order valence-electron chi connectivity index (χ0n) is 10.9. The summed E-state index contributed by atoms with van der Waals surface area (Å²) in [5, 5.41) is 0. The number of ether oxygens (including phenoxy) is 5. The minimum Gasteiger partial charge on any atom is -0.456 e. The van der Waals surface area contributed by atoms with E-state index in [0.717, 1.165) is 19.3 Å². The molecule has 3 saturated heterocycles. The fourth-order valence-corrected chi connectivity index (χ4v) is 4.06. The van der Waals surface area contributed by atoms with Crippen LogP contribution in [0.4, 0.5) is 0 Å². The third-order valence-corrected chi connectivity index (χ3v) is 4.89. The molecule has 0 N–H and O–H groups in total. The summed E-state index contributed by atoms with van der Waals surface area (Å²) in [5.74, 6) is -0.0286. The van der Waals surface area contributed by atoms with E-state index >= 15 is 0 Å². The summed E-state index contributed by atoms with van der Waals surface area (Å²) in [5.41, 5.74) is -0.575. The molecule has 3 aliphatic heterocycles. The Morgan fingerprint density at radius 1 is 1.37 bits per heavy atom. The van der Waals surface area contributed by atoms with E-state index in [9.17, 15) is 4.79 Å². The molecule has 0 aromatic rings. The van der Waals surface area contributed by atoms with Gasteiger partial charge in [0, 0.05) is 13.0 Å². The second-order valence-electron chi connectivity index (χ2n) is 5.73. The number of fused-ring (bicyclic) bond motifs is 1. The number of hydrogen-bond donors (Lipinski definition) is 0. The Bertz CT molecular complexity index is 399. The molecule has 19 heavy (non-hydrogen) atoms. The Kier molecular flexibility index (Phi) is 2.64. The lowest BCUT2D eigenvalue weighted by Crippen LogP contribution is -2.66. The van der Waals surface area contributed by atoms with E-state index in [4.69, 9.17) is 23.7 Å². The van der Waals surface area contributed by atoms with Gasteiger partial charge in [0.2, 0.25) is 0 Å². The Morgan fingerprint density at radius 3 is 3.11 bits per heavy atom. The average Bonchev–Trinajstić information content (AvgIpc) is 2.69. The second kappa shape index (κ2) is 4.15. The standard InChI is InChI=1S/C13H18O6/c1-15-8-6-16-12-17-9-4-2-3-7-5-10(14)18-11(8)13(7,9)19-12/h7-9,11-12H,2-6H2,1H3. The number of rotatable bonds is 1. The van der Waals surface area contributed by atoms with Gasteiger partial charge in [0.1, 0.15) is 11.7 Å². The average molecular weight is 270 g/mol. The lowest BCUT2D eigenvalue weighted by Gasteiger charge is -2.50. The van der Waals surface area contributed by atoms with E-state index in [1.165, 1.54) is 0 Å². The molecule has 6 nitrogen and oxygen atoms in total. The van der Waals surface area contributed by atoms with Gasteiger partial charge in [-0.25, -0.2) is 0 Å². The Balaban J connectivity index is 1.79. The summed E-state index contributed by atoms with van der Waals surface area (Å²) >= 11 is 0. The lowest BCUT2D eigenvalue weighted by atomic mass is 9.66. The maximum Gasteiger partial charge on any atom is 0.306 e. The summed E-state index contributed by atoms with van der Waals surface area (Å²) in [6.45, 7) is -0.328. The summed E-state index contributed by atoms with van der Waals surface area (Å²) in [6.07, 6.45) is 2.55. The third kappa shape index (κ3) is 1.54. The molecule has 2 bridgehead atoms. The first kappa shape index (κ1) is 12.1. The van der Waals surface area contributed by atoms with Crippen molar-refractivity contribution in [3.05, 3.63) is 0 Å². The highest BCUT2D eigenvalue weighted by Gasteiger charge is 2.67. The molecule has 4 fully saturated rings. The van der Waals surface area contributed by atoms with Crippen molar-refractivity contribution in [1.82, 2.24) is 0 Å². The molecule has 1 aliphatic carbocycles. The van der Waals surface area contributed by atoms with Crippen LogP contribution in [0.3, 0.4) is 0 Å². The van der Waals surface area contributed by atoms with E-state index in [2.05, 4.69) is 0 Å². The normalized spacial score (nSPS) is 52.3. The molecule has 6 unspecified atom stereocenters. The predicted octanol–water partition coefficient (Wildman–Crippen LogP) is 0.585. The second-order valence-corrected chi connectivity index (χ2v) is 5.73. The van der Waals surface area contributed by atoms with Gasteiger partial charge in [-0.05, 0) is 12.8 Å². The lowest BCUT2D eigenvalue weighted by molar-refractivity contribution is -0.254. The smallest absolute Gasteiger partial charge is 0.306 e. The van der Waals surface area contributed by atoms with Crippen LogP contribution in [-0.4, -0.2) is 50.1 Å². The molecular weight excluding hydrogens is 252 g/mol. The molecule has 0 radical (unpaired) electrons. The van der Waals surface area contributed by atoms with Gasteiger partial charge in [0.05, 0.1) is 19.1 Å². The molecule has 4 rings (SSSR count). The third-order valence-electron chi connectivity index (χ3n) is 4.89. The largest absolute Gasteiger partial charge is 0.456 e. The first-order valence-corrected chi connectivity index (χ1v) is 6.91. The Hall–Kier alpha value is -0.690. The summed E-state index contributed by atoms with van der Waals surface area (Å²) in [7, 11) is 1.61. The van der Waals surface area contributed by atoms with Gasteiger partial charge in [-0.3, -0.25) is 4.79 Å². The van der Waals surface area contributed by atoms with Crippen molar-refractivity contribution in [2.75, 3.05) is 13.7 Å². The highest BCUT2D eigenvalue weighted by molar-refractivity contribution is 5.71. The minimum absolute atomic E-state index is 0.0627. The molecule has 1 spiro atoms. The van der Waals surface area contributed by atoms with Crippen molar-refractivity contribution in [3.63, 3.8) is 0 Å². The van der Waals surface area contributed by atoms with E-state index in [1.54, 1.807) is 7.11 Å². The maximum atomic E-state index is 11.8. The van der Waals surface area contributed by atoms with Crippen molar-refractivity contribution >= 4 is 5.97 Å². The monoisotopic (exact) mass is 270 g/mol. The fraction of sp³-hybridized carbons (Fsp3) is 0.923. The Labute approximate surface area is 111 Å². The molecule has 106 valence electrons. The van der Waals surface area contributed by atoms with Crippen molar-refractivity contribution in [3.8, 4) is 0 Å². The number of carbonyl (C=O) groups excluding carboxylic acids is 1. The van der Waals surface area contributed by atoms with Gasteiger partial charge >= 0.3 is 5.97 Å². The fourth-order valence-electron chi connectivity index (χ4n) is 4.06. The molecular formula is C13H18O6. The predicted molar refractivity (Wildman–Crippen MR) is 61.1 cm³/mol. The highest BCUT2D eigenvalue weighted by Crippen LogP contribution is 2.53. The van der Waals surface area contributed by atoms with Crippen molar-refractivity contribution < 1.29 is 28.5 Å². The molecule has 6 heteroatoms. The van der Waals surface area contributed by atoms with Crippen molar-refractivity contribution in [1.29, 1.82) is 0 Å². The van der Waals surface area contributed by atoms with Gasteiger partial charge < -0.3 is 23.7 Å². The van der Waals surface area contributed by atoms with Crippen LogP contribution in [0, 0.1) is 5.92 Å². The number of hydrogen-bond acceptors (Lipinski definition) is 6. The quantitative estimate of drug-likeness (QED) is 0.650. The summed E-state index contributed by atoms with van der Waals surface area (Å²) < 4.78 is 28.5. The van der Waals surface area contributed by atoms with Crippen LogP contribution in [0.2, 0.25) is 0 Å². The minimum atomic E-state index is -0.648. The van der Waals surface area contributed by atoms with E-state index in [0.29, 0.717) is 13.0 Å². The first-order chi connectivity index (χ1) is 9.24. The van der Waals surface area contributed by atoms with Gasteiger partial charge in [-0.15, -0.1) is 0 Å². The summed E-state index contributed by atoms with van der Waals surface area (Å²) in [4.78, 5) is 11.8. The van der Waals surface area contributed by atoms with Crippen LogP contribution >= 0.6 is 0 Å². The first-order valence-electron chi connectivity index (χ1n) is 6.91. The Morgan fingerprint density at radius 2 is 2.26 bits per heavy atom. The van der Waals surface area contributed by atoms with Crippen molar-refractivity contribution in [2.45, 2.75) is 56.1 Å². The van der Waals surface area contributed by atoms with Crippen LogP contribution in [0.15, 0.2) is 0 Å². The SMILES string of the molecule is COC1COC2OC3CCCC4CC(=O)OC1C43O2. The molecule has 0 amide bonds. The van der Waals surface area contributed by atoms with Crippen LogP contribution in [0.5, 0.6) is 0 Å². The molecule has 0 aromatic heterocycles. The highest BCUT2D eigenvalue weighted by atomic mass is 16.9. The molecule has 6 atom stereocenters. The molecule has 3 heterocycles. The van der Waals surface area contributed by atoms with Gasteiger partial charge in [0.15, 0.2) is 6.10 Å². The van der Waals surface area contributed by atoms with Gasteiger partial charge in [-0.1, -0.05) is 6.42 Å². The van der Waals surface area contributed by atoms with Crippen LogP contribution in [0.25, 0.3) is 0 Å². The number of carbonyl (C=O) groups is 1. The summed E-state index contributed by atoms with van der Waals surface area (Å²) in [6, 6.07) is 0. The van der Waals surface area contributed by atoms with Crippen LogP contribution < -0.4 is 0 Å². The van der Waals surface area contributed by atoms with Crippen molar-refractivity contribution in [2.24, 2.45) is 5.92 Å². The van der Waals surface area contributed by atoms with E-state index in [-0.39, 0.29) is 24.1 Å². The zero-order valence-corrected chi connectivity index (χ0v) is 10.9. The molecule has 0 aromatic carbocycles. The van der Waals surface area contributed by atoms with Gasteiger partial charge in [-0.2, -0.15) is 0 Å². The van der Waals surface area contributed by atoms with E-state index in [1.807, 2.05) is 0 Å². The zero-order chi connectivity index (χ0) is 13.0. The van der Waals surface area contributed by atoms with E-state index < -0.39 is 18.2 Å². The van der Waals surface area contributed by atoms with Crippen LogP contribution in [-0.2, 0) is 28.5 Å².